The summed E-state index contributed by atoms with van der Waals surface area (Å²) in [6, 6.07) is 16.6. The predicted molar refractivity (Wildman–Crippen MR) is 84.0 cm³/mol. The topological polar surface area (TPSA) is 35.2 Å². The van der Waals surface area contributed by atoms with Gasteiger partial charge in [0.25, 0.3) is 0 Å². The summed E-state index contributed by atoms with van der Waals surface area (Å²) < 4.78 is 5.65. The van der Waals surface area contributed by atoms with Gasteiger partial charge in [0.15, 0.2) is 0 Å². The quantitative estimate of drug-likeness (QED) is 0.859. The molecule has 0 aliphatic rings. The smallest absolute Gasteiger partial charge is 0.124 e. The van der Waals surface area contributed by atoms with E-state index in [0.29, 0.717) is 6.61 Å². The van der Waals surface area contributed by atoms with Crippen molar-refractivity contribution in [3.05, 3.63) is 65.2 Å². The third kappa shape index (κ3) is 3.61. The molecule has 0 saturated heterocycles. The molecule has 0 saturated carbocycles. The maximum atomic E-state index is 6.34. The molecule has 106 valence electrons. The van der Waals surface area contributed by atoms with Crippen molar-refractivity contribution in [3.8, 4) is 5.75 Å². The van der Waals surface area contributed by atoms with E-state index in [0.717, 1.165) is 24.2 Å². The first-order chi connectivity index (χ1) is 9.72. The fourth-order valence-corrected chi connectivity index (χ4v) is 2.43. The van der Waals surface area contributed by atoms with E-state index in [9.17, 15) is 0 Å². The molecular weight excluding hydrogens is 246 g/mol. The van der Waals surface area contributed by atoms with E-state index in [-0.39, 0.29) is 6.04 Å². The standard InChI is InChI=1S/C18H23NO/c1-3-20-18-11-7-6-10-16(18)17(19)13-12-15-9-5-4-8-14(15)2/h4-11,17H,3,12-13,19H2,1-2H3. The molecule has 2 aromatic rings. The van der Waals surface area contributed by atoms with Crippen molar-refractivity contribution in [3.63, 3.8) is 0 Å². The van der Waals surface area contributed by atoms with Crippen LogP contribution in [0.1, 0.15) is 36.1 Å². The summed E-state index contributed by atoms with van der Waals surface area (Å²) in [4.78, 5) is 0. The molecule has 0 spiro atoms. The van der Waals surface area contributed by atoms with Crippen molar-refractivity contribution in [1.82, 2.24) is 0 Å². The van der Waals surface area contributed by atoms with Crippen molar-refractivity contribution in [1.29, 1.82) is 0 Å². The highest BCUT2D eigenvalue weighted by atomic mass is 16.5. The van der Waals surface area contributed by atoms with E-state index in [1.807, 2.05) is 25.1 Å². The summed E-state index contributed by atoms with van der Waals surface area (Å²) in [5.74, 6) is 0.910. The van der Waals surface area contributed by atoms with Gasteiger partial charge in [-0.15, -0.1) is 0 Å². The van der Waals surface area contributed by atoms with Gasteiger partial charge >= 0.3 is 0 Å². The van der Waals surface area contributed by atoms with Crippen LogP contribution in [0.25, 0.3) is 0 Å². The predicted octanol–water partition coefficient (Wildman–Crippen LogP) is 4.03. The lowest BCUT2D eigenvalue weighted by atomic mass is 9.97. The molecule has 0 bridgehead atoms. The van der Waals surface area contributed by atoms with E-state index in [1.165, 1.54) is 11.1 Å². The molecule has 2 N–H and O–H groups in total. The minimum atomic E-state index is 0.0114. The van der Waals surface area contributed by atoms with E-state index in [2.05, 4.69) is 37.3 Å². The average Bonchev–Trinajstić information content (AvgIpc) is 2.47. The van der Waals surface area contributed by atoms with Gasteiger partial charge in [-0.25, -0.2) is 0 Å². The highest BCUT2D eigenvalue weighted by molar-refractivity contribution is 5.36. The van der Waals surface area contributed by atoms with E-state index in [4.69, 9.17) is 10.5 Å². The number of ether oxygens (including phenoxy) is 1. The first-order valence-corrected chi connectivity index (χ1v) is 7.24. The second-order valence-corrected chi connectivity index (χ2v) is 5.04. The average molecular weight is 269 g/mol. The van der Waals surface area contributed by atoms with Gasteiger partial charge in [-0.3, -0.25) is 0 Å². The third-order valence-electron chi connectivity index (χ3n) is 3.60. The Bertz CT molecular complexity index is 551. The van der Waals surface area contributed by atoms with Gasteiger partial charge in [0.2, 0.25) is 0 Å². The Morgan fingerprint density at radius 2 is 1.75 bits per heavy atom. The zero-order chi connectivity index (χ0) is 14.4. The Morgan fingerprint density at radius 3 is 2.50 bits per heavy atom. The van der Waals surface area contributed by atoms with Crippen LogP contribution in [0.3, 0.4) is 0 Å². The van der Waals surface area contributed by atoms with Gasteiger partial charge in [0.1, 0.15) is 5.75 Å². The van der Waals surface area contributed by atoms with E-state index < -0.39 is 0 Å². The summed E-state index contributed by atoms with van der Waals surface area (Å²) in [5, 5.41) is 0. The normalized spacial score (nSPS) is 12.2. The molecule has 0 fully saturated rings. The Morgan fingerprint density at radius 1 is 1.05 bits per heavy atom. The molecule has 0 aromatic heterocycles. The van der Waals surface area contributed by atoms with E-state index in [1.54, 1.807) is 0 Å². The summed E-state index contributed by atoms with van der Waals surface area (Å²) in [6.45, 7) is 4.81. The number of rotatable bonds is 6. The maximum absolute atomic E-state index is 6.34. The fourth-order valence-electron chi connectivity index (χ4n) is 2.43. The van der Waals surface area contributed by atoms with E-state index >= 15 is 0 Å². The summed E-state index contributed by atoms with van der Waals surface area (Å²) in [5.41, 5.74) is 10.1. The molecule has 0 heterocycles. The van der Waals surface area contributed by atoms with Crippen LogP contribution in [0.2, 0.25) is 0 Å². The third-order valence-corrected chi connectivity index (χ3v) is 3.60. The summed E-state index contributed by atoms with van der Waals surface area (Å²) in [7, 11) is 0. The Kier molecular flexibility index (Phi) is 5.19. The van der Waals surface area contributed by atoms with Crippen LogP contribution in [0, 0.1) is 6.92 Å². The molecule has 0 aliphatic heterocycles. The van der Waals surface area contributed by atoms with Crippen LogP contribution in [0.15, 0.2) is 48.5 Å². The van der Waals surface area contributed by atoms with Crippen molar-refractivity contribution in [2.75, 3.05) is 6.61 Å². The minimum Gasteiger partial charge on any atom is -0.494 e. The van der Waals surface area contributed by atoms with Gasteiger partial charge in [0, 0.05) is 11.6 Å². The Hall–Kier alpha value is -1.80. The van der Waals surface area contributed by atoms with Gasteiger partial charge in [0.05, 0.1) is 6.61 Å². The largest absolute Gasteiger partial charge is 0.494 e. The number of hydrogen-bond acceptors (Lipinski definition) is 2. The zero-order valence-corrected chi connectivity index (χ0v) is 12.3. The van der Waals surface area contributed by atoms with Gasteiger partial charge < -0.3 is 10.5 Å². The summed E-state index contributed by atoms with van der Waals surface area (Å²) in [6.07, 6.45) is 1.92. The molecule has 2 aromatic carbocycles. The van der Waals surface area contributed by atoms with Crippen molar-refractivity contribution >= 4 is 0 Å². The van der Waals surface area contributed by atoms with Crippen LogP contribution in [0.4, 0.5) is 0 Å². The van der Waals surface area contributed by atoms with Gasteiger partial charge in [-0.05, 0) is 43.9 Å². The molecule has 0 radical (unpaired) electrons. The lowest BCUT2D eigenvalue weighted by Gasteiger charge is -2.17. The number of aryl methyl sites for hydroxylation is 2. The second-order valence-electron chi connectivity index (χ2n) is 5.04. The molecule has 2 nitrogen and oxygen atoms in total. The minimum absolute atomic E-state index is 0.0114. The Balaban J connectivity index is 2.05. The number of nitrogens with two attached hydrogens (primary N) is 1. The first-order valence-electron chi connectivity index (χ1n) is 7.24. The fraction of sp³-hybridized carbons (Fsp3) is 0.333. The molecule has 2 rings (SSSR count). The van der Waals surface area contributed by atoms with Crippen LogP contribution >= 0.6 is 0 Å². The lowest BCUT2D eigenvalue weighted by molar-refractivity contribution is 0.333. The SMILES string of the molecule is CCOc1ccccc1C(N)CCc1ccccc1C. The maximum Gasteiger partial charge on any atom is 0.124 e. The first kappa shape index (κ1) is 14.6. The van der Waals surface area contributed by atoms with Gasteiger partial charge in [-0.2, -0.15) is 0 Å². The van der Waals surface area contributed by atoms with Crippen LogP contribution < -0.4 is 10.5 Å². The number of hydrogen-bond donors (Lipinski definition) is 1. The number of para-hydroxylation sites is 1. The molecule has 0 aliphatic carbocycles. The second kappa shape index (κ2) is 7.11. The highest BCUT2D eigenvalue weighted by Gasteiger charge is 2.12. The van der Waals surface area contributed by atoms with Crippen molar-refractivity contribution in [2.45, 2.75) is 32.7 Å². The molecule has 1 unspecified atom stereocenters. The van der Waals surface area contributed by atoms with Crippen LogP contribution in [0.5, 0.6) is 5.75 Å². The van der Waals surface area contributed by atoms with Crippen LogP contribution in [-0.2, 0) is 6.42 Å². The van der Waals surface area contributed by atoms with Crippen LogP contribution in [-0.4, -0.2) is 6.61 Å². The summed E-state index contributed by atoms with van der Waals surface area (Å²) >= 11 is 0. The molecule has 1 atom stereocenters. The zero-order valence-electron chi connectivity index (χ0n) is 12.3. The molecule has 2 heteroatoms. The monoisotopic (exact) mass is 269 g/mol. The molecular formula is C18H23NO. The number of benzene rings is 2. The highest BCUT2D eigenvalue weighted by Crippen LogP contribution is 2.26. The van der Waals surface area contributed by atoms with Crippen molar-refractivity contribution in [2.24, 2.45) is 5.73 Å². The van der Waals surface area contributed by atoms with Crippen molar-refractivity contribution < 1.29 is 4.74 Å². The lowest BCUT2D eigenvalue weighted by Crippen LogP contribution is -2.13. The molecule has 0 amide bonds. The van der Waals surface area contributed by atoms with Gasteiger partial charge in [-0.1, -0.05) is 42.5 Å². The Labute approximate surface area is 121 Å². The molecule has 20 heavy (non-hydrogen) atoms.